The van der Waals surface area contributed by atoms with E-state index in [0.717, 1.165) is 16.4 Å². The van der Waals surface area contributed by atoms with Gasteiger partial charge >= 0.3 is 0 Å². The monoisotopic (exact) mass is 311 g/mol. The van der Waals surface area contributed by atoms with Crippen molar-refractivity contribution in [2.75, 3.05) is 13.1 Å². The van der Waals surface area contributed by atoms with Crippen LogP contribution in [0.5, 0.6) is 0 Å². The van der Waals surface area contributed by atoms with Crippen molar-refractivity contribution >= 4 is 15.9 Å². The average molecular weight is 311 g/mol. The molecule has 1 aliphatic heterocycles. The van der Waals surface area contributed by atoms with E-state index in [4.69, 9.17) is 5.26 Å². The van der Waals surface area contributed by atoms with Crippen molar-refractivity contribution in [1.29, 1.82) is 5.26 Å². The lowest BCUT2D eigenvalue weighted by Gasteiger charge is -2.24. The summed E-state index contributed by atoms with van der Waals surface area (Å²) in [5.74, 6) is -1.28. The lowest BCUT2D eigenvalue weighted by molar-refractivity contribution is -0.123. The molecule has 1 amide bonds. The third-order valence-electron chi connectivity index (χ3n) is 3.33. The normalized spacial score (nSPS) is 20.4. The number of nitrogens with one attached hydrogen (secondary N) is 1. The van der Waals surface area contributed by atoms with Crippen LogP contribution in [0.1, 0.15) is 18.9 Å². The lowest BCUT2D eigenvalue weighted by Crippen LogP contribution is -2.45. The molecule has 1 N–H and O–H groups in total. The minimum Gasteiger partial charge on any atom is -0.355 e. The Kier molecular flexibility index (Phi) is 4.25. The fraction of sp³-hybridized carbons (Fsp3) is 0.385. The van der Waals surface area contributed by atoms with Gasteiger partial charge < -0.3 is 5.32 Å². The minimum atomic E-state index is -3.99. The number of benzene rings is 1. The van der Waals surface area contributed by atoms with Crippen LogP contribution in [0.4, 0.5) is 4.39 Å². The first-order valence-electron chi connectivity index (χ1n) is 6.37. The van der Waals surface area contributed by atoms with Crippen LogP contribution in [-0.4, -0.2) is 37.8 Å². The quantitative estimate of drug-likeness (QED) is 0.866. The smallest absolute Gasteiger partial charge is 0.243 e. The molecule has 21 heavy (non-hydrogen) atoms. The Hall–Kier alpha value is -1.98. The summed E-state index contributed by atoms with van der Waals surface area (Å²) in [5.41, 5.74) is -0.226. The van der Waals surface area contributed by atoms with Gasteiger partial charge in [-0.15, -0.1) is 0 Å². The lowest BCUT2D eigenvalue weighted by atomic mass is 10.2. The molecule has 1 aromatic rings. The Balaban J connectivity index is 2.43. The maximum Gasteiger partial charge on any atom is 0.243 e. The Morgan fingerprint density at radius 1 is 1.48 bits per heavy atom. The third kappa shape index (κ3) is 2.89. The maximum absolute atomic E-state index is 13.6. The van der Waals surface area contributed by atoms with Gasteiger partial charge in [0.05, 0.1) is 10.5 Å². The third-order valence-corrected chi connectivity index (χ3v) is 5.30. The molecule has 1 atom stereocenters. The van der Waals surface area contributed by atoms with E-state index >= 15 is 0 Å². The fourth-order valence-corrected chi connectivity index (χ4v) is 3.77. The molecule has 1 aliphatic rings. The highest BCUT2D eigenvalue weighted by atomic mass is 32.2. The SMILES string of the molecule is C[C@H]1C(=O)NCCCN1S(=O)(=O)c1ccc(C#N)c(F)c1. The van der Waals surface area contributed by atoms with Crippen LogP contribution < -0.4 is 5.32 Å². The number of rotatable bonds is 2. The highest BCUT2D eigenvalue weighted by Crippen LogP contribution is 2.22. The van der Waals surface area contributed by atoms with Gasteiger partial charge in [0.25, 0.3) is 0 Å². The van der Waals surface area contributed by atoms with E-state index in [2.05, 4.69) is 5.32 Å². The molecule has 6 nitrogen and oxygen atoms in total. The average Bonchev–Trinajstić information content (AvgIpc) is 2.61. The number of nitrogens with zero attached hydrogens (tertiary/aromatic N) is 2. The molecular formula is C13H14FN3O3S. The molecule has 0 saturated carbocycles. The number of hydrogen-bond acceptors (Lipinski definition) is 4. The van der Waals surface area contributed by atoms with Crippen molar-refractivity contribution in [3.63, 3.8) is 0 Å². The number of nitriles is 1. The van der Waals surface area contributed by atoms with Gasteiger partial charge in [-0.2, -0.15) is 9.57 Å². The molecule has 1 fully saturated rings. The zero-order valence-electron chi connectivity index (χ0n) is 11.3. The predicted octanol–water partition coefficient (Wildman–Crippen LogP) is 0.596. The van der Waals surface area contributed by atoms with Gasteiger partial charge in [0, 0.05) is 13.1 Å². The van der Waals surface area contributed by atoms with Crippen LogP contribution in [-0.2, 0) is 14.8 Å². The molecule has 0 unspecified atom stereocenters. The van der Waals surface area contributed by atoms with E-state index in [-0.39, 0.29) is 22.9 Å². The van der Waals surface area contributed by atoms with E-state index in [1.165, 1.54) is 13.0 Å². The van der Waals surface area contributed by atoms with Gasteiger partial charge in [0.1, 0.15) is 17.9 Å². The van der Waals surface area contributed by atoms with Crippen LogP contribution in [0.25, 0.3) is 0 Å². The van der Waals surface area contributed by atoms with E-state index in [0.29, 0.717) is 13.0 Å². The van der Waals surface area contributed by atoms with Crippen molar-refractivity contribution in [1.82, 2.24) is 9.62 Å². The Morgan fingerprint density at radius 2 is 2.19 bits per heavy atom. The summed E-state index contributed by atoms with van der Waals surface area (Å²) in [6, 6.07) is 3.86. The Morgan fingerprint density at radius 3 is 2.81 bits per heavy atom. The van der Waals surface area contributed by atoms with E-state index in [1.54, 1.807) is 6.07 Å². The second kappa shape index (κ2) is 5.79. The summed E-state index contributed by atoms with van der Waals surface area (Å²) in [4.78, 5) is 11.5. The minimum absolute atomic E-state index is 0.170. The van der Waals surface area contributed by atoms with Gasteiger partial charge in [-0.3, -0.25) is 4.79 Å². The van der Waals surface area contributed by atoms with Gasteiger partial charge in [-0.25, -0.2) is 12.8 Å². The largest absolute Gasteiger partial charge is 0.355 e. The highest BCUT2D eigenvalue weighted by molar-refractivity contribution is 7.89. The maximum atomic E-state index is 13.6. The molecule has 1 aromatic carbocycles. The first kappa shape index (κ1) is 15.4. The molecule has 0 radical (unpaired) electrons. The van der Waals surface area contributed by atoms with Crippen molar-refractivity contribution in [3.8, 4) is 6.07 Å². The summed E-state index contributed by atoms with van der Waals surface area (Å²) < 4.78 is 39.8. The van der Waals surface area contributed by atoms with Gasteiger partial charge in [-0.05, 0) is 31.5 Å². The number of carbonyl (C=O) groups is 1. The predicted molar refractivity (Wildman–Crippen MR) is 72.1 cm³/mol. The van der Waals surface area contributed by atoms with Crippen LogP contribution in [0.2, 0.25) is 0 Å². The van der Waals surface area contributed by atoms with Crippen molar-refractivity contribution < 1.29 is 17.6 Å². The summed E-state index contributed by atoms with van der Waals surface area (Å²) in [7, 11) is -3.99. The van der Waals surface area contributed by atoms with E-state index < -0.39 is 21.9 Å². The molecule has 2 rings (SSSR count). The van der Waals surface area contributed by atoms with Gasteiger partial charge in [0.15, 0.2) is 0 Å². The zero-order valence-corrected chi connectivity index (χ0v) is 12.2. The second-order valence-electron chi connectivity index (χ2n) is 4.69. The first-order valence-corrected chi connectivity index (χ1v) is 7.81. The van der Waals surface area contributed by atoms with Gasteiger partial charge in [0.2, 0.25) is 15.9 Å². The molecule has 112 valence electrons. The van der Waals surface area contributed by atoms with E-state index in [1.807, 2.05) is 0 Å². The molecule has 1 heterocycles. The van der Waals surface area contributed by atoms with Crippen molar-refractivity contribution in [2.24, 2.45) is 0 Å². The number of carbonyl (C=O) groups excluding carboxylic acids is 1. The summed E-state index contributed by atoms with van der Waals surface area (Å²) in [5, 5.41) is 11.3. The van der Waals surface area contributed by atoms with Crippen LogP contribution in [0.3, 0.4) is 0 Å². The van der Waals surface area contributed by atoms with Crippen LogP contribution in [0, 0.1) is 17.1 Å². The molecule has 0 bridgehead atoms. The van der Waals surface area contributed by atoms with Gasteiger partial charge in [-0.1, -0.05) is 0 Å². The molecular weight excluding hydrogens is 297 g/mol. The highest BCUT2D eigenvalue weighted by Gasteiger charge is 2.34. The molecule has 8 heteroatoms. The first-order chi connectivity index (χ1) is 9.87. The van der Waals surface area contributed by atoms with Crippen molar-refractivity contribution in [3.05, 3.63) is 29.6 Å². The number of sulfonamides is 1. The standard InChI is InChI=1S/C13H14FN3O3S/c1-9-13(18)16-5-2-6-17(9)21(19,20)11-4-3-10(8-15)12(14)7-11/h3-4,7,9H,2,5-6H2,1H3,(H,16,18)/t9-/m0/s1. The summed E-state index contributed by atoms with van der Waals surface area (Å²) in [6.07, 6.45) is 0.480. The Bertz CT molecular complexity index is 712. The van der Waals surface area contributed by atoms with Crippen LogP contribution in [0.15, 0.2) is 23.1 Å². The molecule has 1 saturated heterocycles. The molecule has 0 aromatic heterocycles. The van der Waals surface area contributed by atoms with E-state index in [9.17, 15) is 17.6 Å². The zero-order chi connectivity index (χ0) is 15.6. The number of amides is 1. The second-order valence-corrected chi connectivity index (χ2v) is 6.58. The van der Waals surface area contributed by atoms with Crippen molar-refractivity contribution in [2.45, 2.75) is 24.3 Å². The summed E-state index contributed by atoms with van der Waals surface area (Å²) in [6.45, 7) is 2.05. The number of hydrogen-bond donors (Lipinski definition) is 1. The fourth-order valence-electron chi connectivity index (χ4n) is 2.13. The molecule has 0 aliphatic carbocycles. The molecule has 0 spiro atoms. The number of halogens is 1. The topological polar surface area (TPSA) is 90.3 Å². The van der Waals surface area contributed by atoms with Crippen LogP contribution >= 0.6 is 0 Å². The Labute approximate surface area is 122 Å². The summed E-state index contributed by atoms with van der Waals surface area (Å²) >= 11 is 0.